The fourth-order valence-electron chi connectivity index (χ4n) is 1.45. The van der Waals surface area contributed by atoms with Crippen molar-refractivity contribution < 1.29 is 13.9 Å². The summed E-state index contributed by atoms with van der Waals surface area (Å²) in [6.45, 7) is 0. The summed E-state index contributed by atoms with van der Waals surface area (Å²) in [7, 11) is 0. The Hall–Kier alpha value is -1.77. The van der Waals surface area contributed by atoms with Crippen molar-refractivity contribution in [2.24, 2.45) is 0 Å². The molecule has 0 atom stereocenters. The summed E-state index contributed by atoms with van der Waals surface area (Å²) >= 11 is 8.42. The van der Waals surface area contributed by atoms with E-state index in [1.807, 2.05) is 0 Å². The van der Waals surface area contributed by atoms with Gasteiger partial charge in [0.15, 0.2) is 5.75 Å². The molecular weight excluding hydrogens is 336 g/mol. The molecular formula is C12H7ClN2O4S2. The third-order valence-electron chi connectivity index (χ3n) is 2.39. The lowest BCUT2D eigenvalue weighted by Gasteiger charge is -1.97. The van der Waals surface area contributed by atoms with Crippen LogP contribution in [-0.4, -0.2) is 15.3 Å². The average molecular weight is 343 g/mol. The number of thiophene rings is 1. The fourth-order valence-corrected chi connectivity index (χ4v) is 3.07. The molecule has 1 N–H and O–H groups in total. The van der Waals surface area contributed by atoms with Crippen LogP contribution in [0.1, 0.15) is 5.76 Å². The van der Waals surface area contributed by atoms with E-state index in [2.05, 4.69) is 10.2 Å². The van der Waals surface area contributed by atoms with E-state index in [1.54, 1.807) is 12.1 Å². The summed E-state index contributed by atoms with van der Waals surface area (Å²) in [5.41, 5.74) is -0.490. The highest BCUT2D eigenvalue weighted by molar-refractivity contribution is 7.98. The van der Waals surface area contributed by atoms with Crippen LogP contribution in [0.3, 0.4) is 0 Å². The standard InChI is InChI=1S/C12H7ClN2O4S2/c13-10-2-1-9(21-10)11-14-15-12(19-11)20-5-6-3-7(16)8(17)4-18-6/h1-4,17H,5H2. The molecule has 0 amide bonds. The molecule has 9 heteroatoms. The van der Waals surface area contributed by atoms with Gasteiger partial charge < -0.3 is 13.9 Å². The van der Waals surface area contributed by atoms with Crippen molar-refractivity contribution in [1.82, 2.24) is 10.2 Å². The molecule has 0 saturated carbocycles. The zero-order valence-electron chi connectivity index (χ0n) is 10.3. The predicted octanol–water partition coefficient (Wildman–Crippen LogP) is 3.40. The molecule has 0 bridgehead atoms. The minimum absolute atomic E-state index is 0.336. The Kier molecular flexibility index (Phi) is 4.00. The number of aromatic hydroxyl groups is 1. The summed E-state index contributed by atoms with van der Waals surface area (Å²) < 4.78 is 11.2. The van der Waals surface area contributed by atoms with Gasteiger partial charge in [0.2, 0.25) is 5.43 Å². The Morgan fingerprint density at radius 1 is 1.38 bits per heavy atom. The molecule has 3 rings (SSSR count). The van der Waals surface area contributed by atoms with E-state index in [0.717, 1.165) is 11.1 Å². The molecule has 0 spiro atoms. The van der Waals surface area contributed by atoms with Crippen molar-refractivity contribution in [2.45, 2.75) is 11.0 Å². The molecule has 21 heavy (non-hydrogen) atoms. The summed E-state index contributed by atoms with van der Waals surface area (Å²) in [5, 5.41) is 17.3. The summed E-state index contributed by atoms with van der Waals surface area (Å²) in [6.07, 6.45) is 1.01. The first-order chi connectivity index (χ1) is 10.1. The van der Waals surface area contributed by atoms with Crippen molar-refractivity contribution in [1.29, 1.82) is 0 Å². The first kappa shape index (κ1) is 14.2. The SMILES string of the molecule is O=c1cc(CSc2nnc(-c3ccc(Cl)s3)o2)occ1O. The molecule has 3 aromatic rings. The molecule has 0 aliphatic rings. The molecule has 0 unspecified atom stereocenters. The molecule has 6 nitrogen and oxygen atoms in total. The summed E-state index contributed by atoms with van der Waals surface area (Å²) in [4.78, 5) is 12.0. The lowest BCUT2D eigenvalue weighted by molar-refractivity contribution is 0.418. The van der Waals surface area contributed by atoms with E-state index in [-0.39, 0.29) is 0 Å². The van der Waals surface area contributed by atoms with E-state index in [0.29, 0.717) is 27.0 Å². The molecule has 0 saturated heterocycles. The minimum atomic E-state index is -0.490. The second-order valence-electron chi connectivity index (χ2n) is 3.86. The van der Waals surface area contributed by atoms with Crippen LogP contribution in [-0.2, 0) is 5.75 Å². The smallest absolute Gasteiger partial charge is 0.277 e. The Balaban J connectivity index is 1.70. The number of nitrogens with zero attached hydrogens (tertiary/aromatic N) is 2. The average Bonchev–Trinajstić information content (AvgIpc) is 3.09. The highest BCUT2D eigenvalue weighted by Gasteiger charge is 2.12. The summed E-state index contributed by atoms with van der Waals surface area (Å²) in [6, 6.07) is 4.77. The van der Waals surface area contributed by atoms with Crippen molar-refractivity contribution in [3.05, 3.63) is 44.8 Å². The molecule has 0 aliphatic carbocycles. The quantitative estimate of drug-likeness (QED) is 0.726. The lowest BCUT2D eigenvalue weighted by Crippen LogP contribution is -1.98. The van der Waals surface area contributed by atoms with Crippen LogP contribution in [0.2, 0.25) is 4.34 Å². The molecule has 108 valence electrons. The van der Waals surface area contributed by atoms with E-state index >= 15 is 0 Å². The lowest BCUT2D eigenvalue weighted by atomic mass is 10.4. The normalized spacial score (nSPS) is 10.9. The molecule has 0 fully saturated rings. The second-order valence-corrected chi connectivity index (χ2v) is 6.50. The minimum Gasteiger partial charge on any atom is -0.502 e. The topological polar surface area (TPSA) is 89.4 Å². The predicted molar refractivity (Wildman–Crippen MR) is 78.8 cm³/mol. The van der Waals surface area contributed by atoms with Crippen LogP contribution in [0.25, 0.3) is 10.8 Å². The maximum atomic E-state index is 11.3. The van der Waals surface area contributed by atoms with Crippen molar-refractivity contribution in [2.75, 3.05) is 0 Å². The van der Waals surface area contributed by atoms with Gasteiger partial charge in [-0.3, -0.25) is 4.79 Å². The van der Waals surface area contributed by atoms with Crippen LogP contribution in [0.5, 0.6) is 5.75 Å². The molecule has 0 aliphatic heterocycles. The van der Waals surface area contributed by atoms with Gasteiger partial charge in [-0.05, 0) is 12.1 Å². The van der Waals surface area contributed by atoms with Crippen LogP contribution < -0.4 is 5.43 Å². The van der Waals surface area contributed by atoms with Gasteiger partial charge in [0.05, 0.1) is 15.0 Å². The Labute approximate surface area is 131 Å². The van der Waals surface area contributed by atoms with Crippen LogP contribution in [0.4, 0.5) is 0 Å². The number of thioether (sulfide) groups is 1. The highest BCUT2D eigenvalue weighted by atomic mass is 35.5. The highest BCUT2D eigenvalue weighted by Crippen LogP contribution is 2.32. The van der Waals surface area contributed by atoms with E-state index < -0.39 is 11.2 Å². The Morgan fingerprint density at radius 3 is 2.95 bits per heavy atom. The Morgan fingerprint density at radius 2 is 2.24 bits per heavy atom. The second kappa shape index (κ2) is 5.92. The largest absolute Gasteiger partial charge is 0.502 e. The molecule has 0 aromatic carbocycles. The van der Waals surface area contributed by atoms with E-state index in [9.17, 15) is 4.79 Å². The van der Waals surface area contributed by atoms with Gasteiger partial charge in [0.1, 0.15) is 12.0 Å². The van der Waals surface area contributed by atoms with Gasteiger partial charge in [-0.25, -0.2) is 0 Å². The zero-order chi connectivity index (χ0) is 14.8. The number of halogens is 1. The molecule has 3 aromatic heterocycles. The van der Waals surface area contributed by atoms with Gasteiger partial charge in [-0.2, -0.15) is 0 Å². The van der Waals surface area contributed by atoms with Crippen LogP contribution in [0, 0.1) is 0 Å². The fraction of sp³-hybridized carbons (Fsp3) is 0.0833. The monoisotopic (exact) mass is 342 g/mol. The van der Waals surface area contributed by atoms with Gasteiger partial charge in [-0.1, -0.05) is 23.4 Å². The van der Waals surface area contributed by atoms with Gasteiger partial charge in [0, 0.05) is 6.07 Å². The number of hydrogen-bond acceptors (Lipinski definition) is 8. The zero-order valence-corrected chi connectivity index (χ0v) is 12.7. The van der Waals surface area contributed by atoms with Gasteiger partial charge in [0.25, 0.3) is 11.1 Å². The number of hydrogen-bond donors (Lipinski definition) is 1. The maximum Gasteiger partial charge on any atom is 0.277 e. The third kappa shape index (κ3) is 3.29. The van der Waals surface area contributed by atoms with Gasteiger partial charge in [-0.15, -0.1) is 21.5 Å². The van der Waals surface area contributed by atoms with Crippen LogP contribution in [0.15, 0.2) is 43.3 Å². The van der Waals surface area contributed by atoms with Gasteiger partial charge >= 0.3 is 0 Å². The molecule has 0 radical (unpaired) electrons. The first-order valence-electron chi connectivity index (χ1n) is 5.64. The third-order valence-corrected chi connectivity index (χ3v) is 4.45. The van der Waals surface area contributed by atoms with Crippen LogP contribution >= 0.6 is 34.7 Å². The van der Waals surface area contributed by atoms with Crippen molar-refractivity contribution >= 4 is 34.7 Å². The summed E-state index contributed by atoms with van der Waals surface area (Å²) in [5.74, 6) is 0.712. The van der Waals surface area contributed by atoms with Crippen molar-refractivity contribution in [3.8, 4) is 16.5 Å². The van der Waals surface area contributed by atoms with E-state index in [4.69, 9.17) is 25.5 Å². The first-order valence-corrected chi connectivity index (χ1v) is 7.82. The van der Waals surface area contributed by atoms with E-state index in [1.165, 1.54) is 29.2 Å². The van der Waals surface area contributed by atoms with Crippen molar-refractivity contribution in [3.63, 3.8) is 0 Å². The number of rotatable bonds is 4. The number of aromatic nitrogens is 2. The Bertz CT molecular complexity index is 827. The molecule has 3 heterocycles. The maximum absolute atomic E-state index is 11.3.